The van der Waals surface area contributed by atoms with Crippen LogP contribution < -0.4 is 0 Å². The minimum Gasteiger partial charge on any atom is -0.417 e. The number of unbranched alkanes of at least 4 members (excludes halogenated alkanes) is 1. The van der Waals surface area contributed by atoms with Crippen LogP contribution in [0.25, 0.3) is 0 Å². The van der Waals surface area contributed by atoms with Crippen LogP contribution in [0, 0.1) is 0 Å². The topological polar surface area (TPSA) is 9.23 Å². The van der Waals surface area contributed by atoms with Gasteiger partial charge in [0.2, 0.25) is 0 Å². The fourth-order valence-corrected chi connectivity index (χ4v) is 4.60. The minimum absolute atomic E-state index is 0.00626. The van der Waals surface area contributed by atoms with Crippen molar-refractivity contribution in [3.8, 4) is 0 Å². The molecule has 0 aliphatic heterocycles. The van der Waals surface area contributed by atoms with E-state index in [1.807, 2.05) is 33.9 Å². The Labute approximate surface area is 218 Å². The Morgan fingerprint density at radius 2 is 1.00 bits per heavy atom. The van der Waals surface area contributed by atoms with E-state index < -0.39 is 60.4 Å². The van der Waals surface area contributed by atoms with E-state index in [0.717, 1.165) is 22.6 Å². The first-order chi connectivity index (χ1) is 15.9. The first kappa shape index (κ1) is 36.9. The van der Waals surface area contributed by atoms with Gasteiger partial charge in [0.25, 0.3) is 0 Å². The molecule has 37 heavy (non-hydrogen) atoms. The minimum atomic E-state index is -8.24. The summed E-state index contributed by atoms with van der Waals surface area (Å²) in [5.41, 5.74) is 0. The maximum atomic E-state index is 14.0. The van der Waals surface area contributed by atoms with Gasteiger partial charge in [0.05, 0.1) is 0 Å². The van der Waals surface area contributed by atoms with Gasteiger partial charge in [-0.1, -0.05) is 49.8 Å². The fourth-order valence-electron chi connectivity index (χ4n) is 2.52. The molecule has 0 N–H and O–H groups in total. The number of rotatable bonds is 13. The summed E-state index contributed by atoms with van der Waals surface area (Å²) in [7, 11) is -2.19. The van der Waals surface area contributed by atoms with E-state index in [-0.39, 0.29) is 30.9 Å². The van der Waals surface area contributed by atoms with Gasteiger partial charge in [0, 0.05) is 17.0 Å². The van der Waals surface area contributed by atoms with Crippen molar-refractivity contribution in [2.45, 2.75) is 110 Å². The predicted molar refractivity (Wildman–Crippen MR) is 115 cm³/mol. The molecular weight excluding hydrogens is 684 g/mol. The third kappa shape index (κ3) is 6.96. The Morgan fingerprint density at radius 3 is 1.38 bits per heavy atom. The highest BCUT2D eigenvalue weighted by atomic mass is 127. The van der Waals surface area contributed by atoms with Gasteiger partial charge in [-0.15, -0.1) is 0 Å². The highest BCUT2D eigenvalue weighted by Crippen LogP contribution is 2.62. The average Bonchev–Trinajstić information content (AvgIpc) is 2.64. The maximum Gasteiger partial charge on any atom is 0.460 e. The number of alkyl halides is 16. The van der Waals surface area contributed by atoms with Crippen LogP contribution >= 0.6 is 22.6 Å². The van der Waals surface area contributed by atoms with Gasteiger partial charge in [-0.25, -0.2) is 0 Å². The molecule has 0 aliphatic rings. The van der Waals surface area contributed by atoms with Gasteiger partial charge >= 0.3 is 41.7 Å². The van der Waals surface area contributed by atoms with Crippen LogP contribution in [-0.4, -0.2) is 60.6 Å². The third-order valence-electron chi connectivity index (χ3n) is 6.05. The van der Waals surface area contributed by atoms with E-state index in [1.165, 1.54) is 0 Å². The highest BCUT2D eigenvalue weighted by molar-refractivity contribution is 14.1. The van der Waals surface area contributed by atoms with Crippen molar-refractivity contribution in [1.29, 1.82) is 0 Å². The molecule has 0 amide bonds. The molecular formula is C19H26F15IOSi. The van der Waals surface area contributed by atoms with Crippen LogP contribution in [0.1, 0.15) is 46.5 Å². The second-order valence-corrected chi connectivity index (χ2v) is 16.6. The summed E-state index contributed by atoms with van der Waals surface area (Å²) < 4.78 is 203. The zero-order chi connectivity index (χ0) is 30.3. The molecule has 0 aliphatic carbocycles. The molecule has 1 nitrogen and oxygen atoms in total. The summed E-state index contributed by atoms with van der Waals surface area (Å²) in [6.07, 6.45) is -10.1. The molecule has 0 aromatic heterocycles. The molecule has 18 heteroatoms. The second-order valence-electron chi connectivity index (χ2n) is 9.98. The summed E-state index contributed by atoms with van der Waals surface area (Å²) in [5, 5.41) is -0.180. The van der Waals surface area contributed by atoms with Crippen LogP contribution in [0.5, 0.6) is 0 Å². The maximum absolute atomic E-state index is 14.0. The summed E-state index contributed by atoms with van der Waals surface area (Å²) in [5.74, 6) is -46.1. The molecule has 0 saturated heterocycles. The Kier molecular flexibility index (Phi) is 11.0. The van der Waals surface area contributed by atoms with Gasteiger partial charge in [-0.05, 0) is 31.0 Å². The van der Waals surface area contributed by atoms with E-state index in [0.29, 0.717) is 0 Å². The zero-order valence-electron chi connectivity index (χ0n) is 20.1. The molecule has 0 bridgehead atoms. The molecule has 0 aromatic rings. The Morgan fingerprint density at radius 1 is 0.622 bits per heavy atom. The quantitative estimate of drug-likeness (QED) is 0.0609. The number of halogens is 16. The van der Waals surface area contributed by atoms with Crippen molar-refractivity contribution in [3.63, 3.8) is 0 Å². The molecule has 0 heterocycles. The number of hydrogen-bond donors (Lipinski definition) is 0. The van der Waals surface area contributed by atoms with Gasteiger partial charge in [0.1, 0.15) is 0 Å². The Balaban J connectivity index is 5.59. The van der Waals surface area contributed by atoms with Gasteiger partial charge in [-0.2, -0.15) is 65.9 Å². The largest absolute Gasteiger partial charge is 0.460 e. The molecule has 1 atom stereocenters. The van der Waals surface area contributed by atoms with Crippen LogP contribution in [0.15, 0.2) is 0 Å². The van der Waals surface area contributed by atoms with E-state index in [9.17, 15) is 65.9 Å². The molecule has 0 aromatic carbocycles. The molecule has 0 fully saturated rings. The van der Waals surface area contributed by atoms with Crippen LogP contribution in [0.4, 0.5) is 65.9 Å². The lowest BCUT2D eigenvalue weighted by Gasteiger charge is -2.41. The van der Waals surface area contributed by atoms with E-state index >= 15 is 0 Å². The van der Waals surface area contributed by atoms with Crippen molar-refractivity contribution < 1.29 is 70.3 Å². The molecule has 1 unspecified atom stereocenters. The van der Waals surface area contributed by atoms with Crippen molar-refractivity contribution in [1.82, 2.24) is 0 Å². The highest BCUT2D eigenvalue weighted by Gasteiger charge is 2.93. The predicted octanol–water partition coefficient (Wildman–Crippen LogP) is 9.75. The van der Waals surface area contributed by atoms with E-state index in [4.69, 9.17) is 4.43 Å². The van der Waals surface area contributed by atoms with Crippen molar-refractivity contribution in [2.75, 3.05) is 6.61 Å². The number of hydrogen-bond acceptors (Lipinski definition) is 1. The molecule has 224 valence electrons. The van der Waals surface area contributed by atoms with Crippen molar-refractivity contribution in [2.24, 2.45) is 0 Å². The summed E-state index contributed by atoms with van der Waals surface area (Å²) in [4.78, 5) is 0. The first-order valence-corrected chi connectivity index (χ1v) is 14.6. The first-order valence-electron chi connectivity index (χ1n) is 10.5. The fraction of sp³-hybridized carbons (Fsp3) is 1.00. The van der Waals surface area contributed by atoms with Crippen molar-refractivity contribution >= 4 is 30.9 Å². The lowest BCUT2D eigenvalue weighted by atomic mass is 9.89. The van der Waals surface area contributed by atoms with Crippen LogP contribution in [-0.2, 0) is 4.43 Å². The van der Waals surface area contributed by atoms with E-state index in [2.05, 4.69) is 0 Å². The summed E-state index contributed by atoms with van der Waals surface area (Å²) >= 11 is 1.08. The van der Waals surface area contributed by atoms with Crippen LogP contribution in [0.3, 0.4) is 0 Å². The molecule has 0 radical (unpaired) electrons. The smallest absolute Gasteiger partial charge is 0.417 e. The molecule has 0 spiro atoms. The van der Waals surface area contributed by atoms with E-state index in [1.54, 1.807) is 0 Å². The summed E-state index contributed by atoms with van der Waals surface area (Å²) in [6, 6.07) is 0. The lowest BCUT2D eigenvalue weighted by Crippen LogP contribution is -2.72. The standard InChI is InChI=1S/C19H26F15IOSi/c1-12(2,3)37(4,5)36-9-7-6-8-11(35)10-13(20,21)14(22,23)15(24,25)16(26,27)17(28,29)18(30,31)19(32,33)34/h11H,6-10H2,1-5H3. The molecule has 0 saturated carbocycles. The Hall–Kier alpha value is -0.143. The van der Waals surface area contributed by atoms with Crippen LogP contribution in [0.2, 0.25) is 18.1 Å². The lowest BCUT2D eigenvalue weighted by molar-refractivity contribution is -0.452. The van der Waals surface area contributed by atoms with Gasteiger partial charge in [-0.3, -0.25) is 0 Å². The second kappa shape index (κ2) is 11.0. The monoisotopic (exact) mass is 710 g/mol. The SMILES string of the molecule is CC(C)(C)[Si](C)(C)OCCCCC(I)CC(F)(F)C(F)(F)C(F)(F)C(F)(F)C(F)(F)C(F)(F)C(F)(F)F. The van der Waals surface area contributed by atoms with Gasteiger partial charge < -0.3 is 4.43 Å². The zero-order valence-corrected chi connectivity index (χ0v) is 23.2. The summed E-state index contributed by atoms with van der Waals surface area (Å²) in [6.45, 7) is 9.66. The average molecular weight is 710 g/mol. The van der Waals surface area contributed by atoms with Crippen molar-refractivity contribution in [3.05, 3.63) is 0 Å². The van der Waals surface area contributed by atoms with Gasteiger partial charge in [0.15, 0.2) is 8.32 Å². The Bertz CT molecular complexity index is 760. The molecule has 0 rings (SSSR count). The third-order valence-corrected chi connectivity index (χ3v) is 11.7. The normalized spacial score (nSPS) is 16.8.